The fraction of sp³-hybridized carbons (Fsp3) is 0.294. The molecule has 1 amide bonds. The van der Waals surface area contributed by atoms with Crippen LogP contribution in [0.2, 0.25) is 0 Å². The summed E-state index contributed by atoms with van der Waals surface area (Å²) in [4.78, 5) is 38.8. The van der Waals surface area contributed by atoms with Gasteiger partial charge in [0.05, 0.1) is 0 Å². The summed E-state index contributed by atoms with van der Waals surface area (Å²) >= 11 is 0. The Balaban J connectivity index is 1.98. The Bertz CT molecular complexity index is 965. The maximum Gasteiger partial charge on any atom is 0.331 e. The summed E-state index contributed by atoms with van der Waals surface area (Å²) in [6, 6.07) is 9.33. The highest BCUT2D eigenvalue weighted by Gasteiger charge is 2.25. The number of para-hydroxylation sites is 1. The van der Waals surface area contributed by atoms with Crippen LogP contribution in [0.1, 0.15) is 18.1 Å². The molecule has 2 heterocycles. The molecule has 0 unspecified atom stereocenters. The molecule has 122 valence electrons. The second-order valence-electron chi connectivity index (χ2n) is 5.54. The summed E-state index contributed by atoms with van der Waals surface area (Å²) in [6.45, 7) is 2.19. The molecule has 1 aliphatic heterocycles. The van der Waals surface area contributed by atoms with Crippen molar-refractivity contribution in [2.24, 2.45) is 0 Å². The van der Waals surface area contributed by atoms with Gasteiger partial charge in [-0.15, -0.1) is 0 Å². The fourth-order valence-corrected chi connectivity index (χ4v) is 2.91. The molecule has 0 spiro atoms. The van der Waals surface area contributed by atoms with Crippen molar-refractivity contribution in [2.75, 3.05) is 11.4 Å². The number of rotatable bonds is 3. The molecule has 0 saturated heterocycles. The van der Waals surface area contributed by atoms with Crippen LogP contribution in [0.25, 0.3) is 0 Å². The first-order valence-corrected chi connectivity index (χ1v) is 7.69. The van der Waals surface area contributed by atoms with E-state index >= 15 is 0 Å². The number of benzene rings is 1. The van der Waals surface area contributed by atoms with Crippen LogP contribution >= 0.6 is 0 Å². The minimum Gasteiger partial charge on any atom is -0.310 e. The van der Waals surface area contributed by atoms with Gasteiger partial charge in [-0.05, 0) is 25.0 Å². The number of hydrogen-bond donors (Lipinski definition) is 0. The van der Waals surface area contributed by atoms with Crippen LogP contribution in [0.4, 0.5) is 5.69 Å². The second kappa shape index (κ2) is 6.16. The first-order valence-electron chi connectivity index (χ1n) is 7.69. The van der Waals surface area contributed by atoms with Crippen LogP contribution in [0.5, 0.6) is 0 Å². The molecule has 0 aliphatic carbocycles. The molecule has 0 fully saturated rings. The molecule has 7 heteroatoms. The van der Waals surface area contributed by atoms with Crippen LogP contribution in [-0.4, -0.2) is 21.6 Å². The van der Waals surface area contributed by atoms with Crippen molar-refractivity contribution in [2.45, 2.75) is 26.4 Å². The van der Waals surface area contributed by atoms with Crippen LogP contribution < -0.4 is 16.1 Å². The maximum absolute atomic E-state index is 12.6. The fourth-order valence-electron chi connectivity index (χ4n) is 2.91. The number of carbonyl (C=O) groups excluding carboxylic acids is 1. The Labute approximate surface area is 138 Å². The Hall–Kier alpha value is -3.14. The van der Waals surface area contributed by atoms with Crippen molar-refractivity contribution < 1.29 is 4.79 Å². The summed E-state index contributed by atoms with van der Waals surface area (Å²) in [6.07, 6.45) is 1.98. The predicted octanol–water partition coefficient (Wildman–Crippen LogP) is 0.491. The molecule has 2 aromatic rings. The van der Waals surface area contributed by atoms with E-state index in [1.54, 1.807) is 17.9 Å². The zero-order valence-electron chi connectivity index (χ0n) is 13.2. The highest BCUT2D eigenvalue weighted by molar-refractivity contribution is 5.95. The normalized spacial score (nSPS) is 12.8. The van der Waals surface area contributed by atoms with Crippen molar-refractivity contribution >= 4 is 11.6 Å². The van der Waals surface area contributed by atoms with E-state index in [2.05, 4.69) is 0 Å². The molecule has 0 saturated carbocycles. The standard InChI is InChI=1S/C17H16N4O3/c1-2-19-10-13(9-18)16(23)21(17(19)24)11-15(22)20-8-7-12-5-3-4-6-14(12)20/h3-6,10H,2,7-8,11H2,1H3. The van der Waals surface area contributed by atoms with Crippen molar-refractivity contribution in [1.29, 1.82) is 5.26 Å². The number of amides is 1. The van der Waals surface area contributed by atoms with E-state index in [4.69, 9.17) is 5.26 Å². The first kappa shape index (κ1) is 15.7. The van der Waals surface area contributed by atoms with Gasteiger partial charge >= 0.3 is 5.69 Å². The van der Waals surface area contributed by atoms with Gasteiger partial charge in [-0.25, -0.2) is 9.36 Å². The number of aryl methyl sites for hydroxylation is 1. The quantitative estimate of drug-likeness (QED) is 0.822. The number of anilines is 1. The van der Waals surface area contributed by atoms with Crippen molar-refractivity contribution in [3.05, 3.63) is 62.4 Å². The van der Waals surface area contributed by atoms with Gasteiger partial charge in [0.1, 0.15) is 18.2 Å². The Morgan fingerprint density at radius 2 is 2.04 bits per heavy atom. The molecule has 7 nitrogen and oxygen atoms in total. The molecule has 0 atom stereocenters. The average Bonchev–Trinajstić information content (AvgIpc) is 3.03. The van der Waals surface area contributed by atoms with E-state index in [1.807, 2.05) is 24.3 Å². The minimum atomic E-state index is -0.729. The van der Waals surface area contributed by atoms with Gasteiger partial charge in [-0.3, -0.25) is 14.2 Å². The lowest BCUT2D eigenvalue weighted by molar-refractivity contribution is -0.119. The third-order valence-corrected chi connectivity index (χ3v) is 4.18. The topological polar surface area (TPSA) is 88.1 Å². The lowest BCUT2D eigenvalue weighted by Crippen LogP contribution is -2.45. The van der Waals surface area contributed by atoms with Crippen molar-refractivity contribution in [1.82, 2.24) is 9.13 Å². The molecule has 3 rings (SSSR count). The molecule has 1 aromatic carbocycles. The maximum atomic E-state index is 12.6. The van der Waals surface area contributed by atoms with E-state index in [0.717, 1.165) is 22.2 Å². The number of aromatic nitrogens is 2. The number of fused-ring (bicyclic) bond motifs is 1. The van der Waals surface area contributed by atoms with E-state index in [9.17, 15) is 14.4 Å². The average molecular weight is 324 g/mol. The monoisotopic (exact) mass is 324 g/mol. The smallest absolute Gasteiger partial charge is 0.310 e. The van der Waals surface area contributed by atoms with E-state index < -0.39 is 11.2 Å². The SMILES string of the molecule is CCn1cc(C#N)c(=O)n(CC(=O)N2CCc3ccccc32)c1=O. The first-order chi connectivity index (χ1) is 11.6. The number of nitrogens with zero attached hydrogens (tertiary/aromatic N) is 4. The van der Waals surface area contributed by atoms with E-state index in [-0.39, 0.29) is 18.0 Å². The highest BCUT2D eigenvalue weighted by atomic mass is 16.2. The van der Waals surface area contributed by atoms with Gasteiger partial charge < -0.3 is 4.90 Å². The zero-order valence-corrected chi connectivity index (χ0v) is 13.2. The number of carbonyl (C=O) groups is 1. The Kier molecular flexibility index (Phi) is 4.04. The van der Waals surface area contributed by atoms with Crippen LogP contribution in [0.3, 0.4) is 0 Å². The molecule has 0 bridgehead atoms. The Morgan fingerprint density at radius 1 is 1.29 bits per heavy atom. The molecule has 0 N–H and O–H groups in total. The van der Waals surface area contributed by atoms with Gasteiger partial charge in [0.15, 0.2) is 0 Å². The highest BCUT2D eigenvalue weighted by Crippen LogP contribution is 2.27. The van der Waals surface area contributed by atoms with Crippen molar-refractivity contribution in [3.8, 4) is 6.07 Å². The zero-order chi connectivity index (χ0) is 17.3. The lowest BCUT2D eigenvalue weighted by Gasteiger charge is -2.18. The third-order valence-electron chi connectivity index (χ3n) is 4.18. The predicted molar refractivity (Wildman–Crippen MR) is 87.9 cm³/mol. The van der Waals surface area contributed by atoms with Crippen LogP contribution in [-0.2, 0) is 24.3 Å². The lowest BCUT2D eigenvalue weighted by atomic mass is 10.2. The molecule has 1 aliphatic rings. The van der Waals surface area contributed by atoms with Gasteiger partial charge in [-0.2, -0.15) is 5.26 Å². The van der Waals surface area contributed by atoms with Gasteiger partial charge in [0, 0.05) is 25.0 Å². The molecular weight excluding hydrogens is 308 g/mol. The molecule has 0 radical (unpaired) electrons. The van der Waals surface area contributed by atoms with E-state index in [1.165, 1.54) is 10.8 Å². The van der Waals surface area contributed by atoms with Crippen LogP contribution in [0.15, 0.2) is 40.1 Å². The Morgan fingerprint density at radius 3 is 2.75 bits per heavy atom. The third kappa shape index (κ3) is 2.52. The van der Waals surface area contributed by atoms with Gasteiger partial charge in [-0.1, -0.05) is 18.2 Å². The van der Waals surface area contributed by atoms with Gasteiger partial charge in [0.2, 0.25) is 5.91 Å². The summed E-state index contributed by atoms with van der Waals surface area (Å²) < 4.78 is 2.09. The van der Waals surface area contributed by atoms with E-state index in [0.29, 0.717) is 13.1 Å². The van der Waals surface area contributed by atoms with Gasteiger partial charge in [0.25, 0.3) is 5.56 Å². The molecule has 24 heavy (non-hydrogen) atoms. The molecular formula is C17H16N4O3. The summed E-state index contributed by atoms with van der Waals surface area (Å²) in [7, 11) is 0. The summed E-state index contributed by atoms with van der Waals surface area (Å²) in [5, 5.41) is 9.06. The second-order valence-corrected chi connectivity index (χ2v) is 5.54. The van der Waals surface area contributed by atoms with Crippen LogP contribution in [0, 0.1) is 11.3 Å². The number of nitriles is 1. The largest absolute Gasteiger partial charge is 0.331 e. The molecule has 1 aromatic heterocycles. The van der Waals surface area contributed by atoms with Crippen molar-refractivity contribution in [3.63, 3.8) is 0 Å². The minimum absolute atomic E-state index is 0.147. The number of hydrogen-bond acceptors (Lipinski definition) is 4. The summed E-state index contributed by atoms with van der Waals surface area (Å²) in [5.74, 6) is -0.336. The summed E-state index contributed by atoms with van der Waals surface area (Å²) in [5.41, 5.74) is 0.416.